The molecule has 1 amide bonds. The molecule has 0 unspecified atom stereocenters. The number of rotatable bonds is 4. The predicted molar refractivity (Wildman–Crippen MR) is 82.5 cm³/mol. The van der Waals surface area contributed by atoms with E-state index in [2.05, 4.69) is 21.2 Å². The molecule has 0 saturated heterocycles. The fourth-order valence-corrected chi connectivity index (χ4v) is 2.88. The van der Waals surface area contributed by atoms with Gasteiger partial charge in [0.1, 0.15) is 0 Å². The molecule has 2 aliphatic rings. The van der Waals surface area contributed by atoms with E-state index >= 15 is 0 Å². The van der Waals surface area contributed by atoms with E-state index in [9.17, 15) is 4.79 Å². The van der Waals surface area contributed by atoms with Crippen molar-refractivity contribution in [2.75, 3.05) is 5.73 Å². The van der Waals surface area contributed by atoms with Crippen LogP contribution in [0.15, 0.2) is 22.7 Å². The van der Waals surface area contributed by atoms with E-state index < -0.39 is 0 Å². The summed E-state index contributed by atoms with van der Waals surface area (Å²) in [5, 5.41) is 3.18. The van der Waals surface area contributed by atoms with Crippen molar-refractivity contribution in [2.24, 2.45) is 11.8 Å². The van der Waals surface area contributed by atoms with Gasteiger partial charge in [-0.2, -0.15) is 0 Å². The van der Waals surface area contributed by atoms with Crippen molar-refractivity contribution < 1.29 is 4.79 Å². The normalized spacial score (nSPS) is 18.0. The molecule has 0 aliphatic heterocycles. The van der Waals surface area contributed by atoms with Gasteiger partial charge in [-0.1, -0.05) is 15.9 Å². The quantitative estimate of drug-likeness (QED) is 0.822. The first-order chi connectivity index (χ1) is 8.65. The maximum Gasteiger partial charge on any atom is 0.253 e. The number of nitrogen functional groups attached to an aromatic ring is 1. The first-order valence-electron chi connectivity index (χ1n) is 6.51. The fourth-order valence-electron chi connectivity index (χ4n) is 2.50. The number of nitrogens with two attached hydrogens (primary N) is 1. The first-order valence-corrected chi connectivity index (χ1v) is 7.30. The van der Waals surface area contributed by atoms with E-state index in [1.54, 1.807) is 12.1 Å². The van der Waals surface area contributed by atoms with Crippen LogP contribution in [-0.2, 0) is 0 Å². The average Bonchev–Trinajstić information content (AvgIpc) is 3.17. The van der Waals surface area contributed by atoms with Crippen molar-refractivity contribution in [1.82, 2.24) is 5.32 Å². The Balaban J connectivity index is 0.00000133. The molecule has 3 N–H and O–H groups in total. The van der Waals surface area contributed by atoms with Crippen molar-refractivity contribution in [3.63, 3.8) is 0 Å². The highest BCUT2D eigenvalue weighted by atomic mass is 79.9. The number of amides is 1. The fraction of sp³-hybridized carbons (Fsp3) is 0.500. The number of carbonyl (C=O) groups excluding carboxylic acids is 1. The summed E-state index contributed by atoms with van der Waals surface area (Å²) in [5.74, 6) is 1.39. The number of nitrogens with one attached hydrogen (secondary N) is 1. The Morgan fingerprint density at radius 2 is 1.84 bits per heavy atom. The summed E-state index contributed by atoms with van der Waals surface area (Å²) in [4.78, 5) is 12.2. The van der Waals surface area contributed by atoms with Gasteiger partial charge in [0, 0.05) is 16.2 Å². The molecule has 2 saturated carbocycles. The van der Waals surface area contributed by atoms with Crippen molar-refractivity contribution >= 4 is 39.9 Å². The summed E-state index contributed by atoms with van der Waals surface area (Å²) < 4.78 is 0.900. The van der Waals surface area contributed by atoms with E-state index in [0.29, 0.717) is 29.1 Å². The van der Waals surface area contributed by atoms with Gasteiger partial charge in [0.2, 0.25) is 0 Å². The summed E-state index contributed by atoms with van der Waals surface area (Å²) in [6.45, 7) is 0. The topological polar surface area (TPSA) is 55.1 Å². The number of halogens is 2. The van der Waals surface area contributed by atoms with Crippen LogP contribution in [0, 0.1) is 11.8 Å². The molecule has 0 aromatic heterocycles. The molecule has 1 aromatic rings. The van der Waals surface area contributed by atoms with Gasteiger partial charge < -0.3 is 11.1 Å². The number of carbonyl (C=O) groups is 1. The van der Waals surface area contributed by atoms with Gasteiger partial charge in [0.25, 0.3) is 5.91 Å². The van der Waals surface area contributed by atoms with Gasteiger partial charge in [-0.3, -0.25) is 4.79 Å². The highest BCUT2D eigenvalue weighted by molar-refractivity contribution is 9.10. The summed E-state index contributed by atoms with van der Waals surface area (Å²) >= 11 is 3.35. The van der Waals surface area contributed by atoms with Crippen LogP contribution in [0.3, 0.4) is 0 Å². The van der Waals surface area contributed by atoms with Crippen molar-refractivity contribution in [3.8, 4) is 0 Å². The SMILES string of the molecule is Cl.Nc1cc(Br)ccc1C(=O)NC(C1CC1)C1CC1. The Labute approximate surface area is 127 Å². The zero-order chi connectivity index (χ0) is 12.7. The molecule has 2 aliphatic carbocycles. The number of hydrogen-bond acceptors (Lipinski definition) is 2. The van der Waals surface area contributed by atoms with Gasteiger partial charge in [-0.05, 0) is 55.7 Å². The van der Waals surface area contributed by atoms with E-state index in [0.717, 1.165) is 4.47 Å². The lowest BCUT2D eigenvalue weighted by atomic mass is 10.1. The molecular weight excluding hydrogens is 328 g/mol. The zero-order valence-electron chi connectivity index (χ0n) is 10.6. The van der Waals surface area contributed by atoms with Crippen LogP contribution in [0.4, 0.5) is 5.69 Å². The molecule has 3 nitrogen and oxygen atoms in total. The van der Waals surface area contributed by atoms with E-state index in [4.69, 9.17) is 5.73 Å². The summed E-state index contributed by atoms with van der Waals surface area (Å²) in [7, 11) is 0. The summed E-state index contributed by atoms with van der Waals surface area (Å²) in [6, 6.07) is 5.79. The smallest absolute Gasteiger partial charge is 0.253 e. The van der Waals surface area contributed by atoms with Crippen molar-refractivity contribution in [2.45, 2.75) is 31.7 Å². The molecule has 104 valence electrons. The average molecular weight is 346 g/mol. The Bertz CT molecular complexity index is 474. The van der Waals surface area contributed by atoms with Gasteiger partial charge in [-0.15, -0.1) is 12.4 Å². The van der Waals surface area contributed by atoms with E-state index in [1.165, 1.54) is 25.7 Å². The lowest BCUT2D eigenvalue weighted by Gasteiger charge is -2.18. The van der Waals surface area contributed by atoms with Crippen molar-refractivity contribution in [1.29, 1.82) is 0 Å². The minimum absolute atomic E-state index is 0. The lowest BCUT2D eigenvalue weighted by Crippen LogP contribution is -2.38. The third-order valence-corrected chi connectivity index (χ3v) is 4.31. The third-order valence-electron chi connectivity index (χ3n) is 3.82. The van der Waals surface area contributed by atoms with E-state index in [1.807, 2.05) is 6.07 Å². The third kappa shape index (κ3) is 3.42. The molecule has 1 aromatic carbocycles. The molecular formula is C14H18BrClN2O. The number of benzene rings is 1. The maximum atomic E-state index is 12.2. The van der Waals surface area contributed by atoms with Crippen LogP contribution in [-0.4, -0.2) is 11.9 Å². The van der Waals surface area contributed by atoms with E-state index in [-0.39, 0.29) is 18.3 Å². The maximum absolute atomic E-state index is 12.2. The van der Waals surface area contributed by atoms with Crippen LogP contribution in [0.25, 0.3) is 0 Å². The molecule has 2 fully saturated rings. The zero-order valence-corrected chi connectivity index (χ0v) is 13.0. The molecule has 0 bridgehead atoms. The van der Waals surface area contributed by atoms with Crippen LogP contribution in [0.5, 0.6) is 0 Å². The van der Waals surface area contributed by atoms with Gasteiger partial charge in [-0.25, -0.2) is 0 Å². The van der Waals surface area contributed by atoms with Crippen LogP contribution in [0.2, 0.25) is 0 Å². The minimum Gasteiger partial charge on any atom is -0.398 e. The minimum atomic E-state index is -0.0243. The van der Waals surface area contributed by atoms with Gasteiger partial charge >= 0.3 is 0 Å². The molecule has 0 radical (unpaired) electrons. The summed E-state index contributed by atoms with van der Waals surface area (Å²) in [5.41, 5.74) is 7.01. The van der Waals surface area contributed by atoms with Crippen LogP contribution >= 0.6 is 28.3 Å². The standard InChI is InChI=1S/C14H17BrN2O.ClH/c15-10-5-6-11(12(16)7-10)14(18)17-13(8-1-2-8)9-3-4-9;/h5-9,13H,1-4,16H2,(H,17,18);1H. The molecule has 0 heterocycles. The molecule has 0 atom stereocenters. The van der Waals surface area contributed by atoms with Gasteiger partial charge in [0.15, 0.2) is 0 Å². The number of anilines is 1. The second-order valence-corrected chi connectivity index (χ2v) is 6.32. The molecule has 0 spiro atoms. The lowest BCUT2D eigenvalue weighted by molar-refractivity contribution is 0.0927. The highest BCUT2D eigenvalue weighted by Crippen LogP contribution is 2.44. The second-order valence-electron chi connectivity index (χ2n) is 5.41. The highest BCUT2D eigenvalue weighted by Gasteiger charge is 2.42. The largest absolute Gasteiger partial charge is 0.398 e. The predicted octanol–water partition coefficient (Wildman–Crippen LogP) is 3.37. The Kier molecular flexibility index (Phi) is 4.41. The summed E-state index contributed by atoms with van der Waals surface area (Å²) in [6.07, 6.45) is 5.04. The molecule has 19 heavy (non-hydrogen) atoms. The van der Waals surface area contributed by atoms with Crippen LogP contribution < -0.4 is 11.1 Å². The first kappa shape index (κ1) is 14.7. The molecule has 5 heteroatoms. The van der Waals surface area contributed by atoms with Gasteiger partial charge in [0.05, 0.1) is 5.56 Å². The Morgan fingerprint density at radius 1 is 1.26 bits per heavy atom. The Morgan fingerprint density at radius 3 is 2.32 bits per heavy atom. The molecule has 3 rings (SSSR count). The Hall–Kier alpha value is -0.740. The second kappa shape index (κ2) is 5.71. The van der Waals surface area contributed by atoms with Crippen LogP contribution in [0.1, 0.15) is 36.0 Å². The monoisotopic (exact) mass is 344 g/mol. The number of hydrogen-bond donors (Lipinski definition) is 2. The van der Waals surface area contributed by atoms with Crippen molar-refractivity contribution in [3.05, 3.63) is 28.2 Å².